The van der Waals surface area contributed by atoms with Crippen molar-refractivity contribution in [3.63, 3.8) is 0 Å². The molecule has 152 valence electrons. The molecule has 2 aromatic heterocycles. The van der Waals surface area contributed by atoms with Crippen LogP contribution in [-0.4, -0.2) is 44.2 Å². The zero-order valence-electron chi connectivity index (χ0n) is 16.8. The minimum Gasteiger partial charge on any atom is -0.351 e. The minimum absolute atomic E-state index is 0.0633. The molecule has 3 heterocycles. The van der Waals surface area contributed by atoms with Crippen LogP contribution in [0.1, 0.15) is 54.4 Å². The van der Waals surface area contributed by atoms with Gasteiger partial charge < -0.3 is 19.3 Å². The summed E-state index contributed by atoms with van der Waals surface area (Å²) in [6.07, 6.45) is 3.17. The van der Waals surface area contributed by atoms with E-state index in [1.54, 1.807) is 18.0 Å². The van der Waals surface area contributed by atoms with Gasteiger partial charge in [-0.1, -0.05) is 19.0 Å². The highest BCUT2D eigenvalue weighted by molar-refractivity contribution is 5.91. The summed E-state index contributed by atoms with van der Waals surface area (Å²) >= 11 is 0. The summed E-state index contributed by atoms with van der Waals surface area (Å²) in [6, 6.07) is 1.62. The number of amides is 1. The Morgan fingerprint density at radius 2 is 2.18 bits per heavy atom. The molecule has 1 fully saturated rings. The Bertz CT molecular complexity index is 967. The van der Waals surface area contributed by atoms with E-state index in [4.69, 9.17) is 4.52 Å². The van der Waals surface area contributed by atoms with Crippen molar-refractivity contribution in [1.29, 1.82) is 0 Å². The monoisotopic (exact) mass is 389 g/mol. The van der Waals surface area contributed by atoms with Crippen molar-refractivity contribution in [3.8, 4) is 0 Å². The molecule has 9 nitrogen and oxygen atoms in total. The van der Waals surface area contributed by atoms with Gasteiger partial charge in [-0.15, -0.1) is 0 Å². The number of aryl methyl sites for hydroxylation is 1. The standard InChI is InChI=1S/C19H27N5O4/c1-5-12(2)15-8-16(28-21-15)18(26)24(14-6-7-20-9-14)11-13-10-22(3)19(27)23(4)17(13)25/h8,10,12,14,20H,5-7,9,11H2,1-4H3/t12-,14+/m1/s1. The minimum atomic E-state index is -0.400. The van der Waals surface area contributed by atoms with Crippen molar-refractivity contribution >= 4 is 5.91 Å². The second-order valence-corrected chi connectivity index (χ2v) is 7.42. The number of rotatable bonds is 6. The molecule has 2 atom stereocenters. The van der Waals surface area contributed by atoms with E-state index < -0.39 is 11.2 Å². The van der Waals surface area contributed by atoms with Crippen molar-refractivity contribution < 1.29 is 9.32 Å². The van der Waals surface area contributed by atoms with Gasteiger partial charge in [0.15, 0.2) is 0 Å². The Kier molecular flexibility index (Phi) is 5.83. The van der Waals surface area contributed by atoms with E-state index in [1.165, 1.54) is 17.8 Å². The van der Waals surface area contributed by atoms with Gasteiger partial charge in [0.05, 0.1) is 17.8 Å². The summed E-state index contributed by atoms with van der Waals surface area (Å²) in [7, 11) is 3.02. The van der Waals surface area contributed by atoms with Crippen molar-refractivity contribution in [2.24, 2.45) is 14.1 Å². The summed E-state index contributed by atoms with van der Waals surface area (Å²) in [5, 5.41) is 7.28. The molecule has 1 aliphatic heterocycles. The normalized spacial score (nSPS) is 17.6. The predicted octanol–water partition coefficient (Wildman–Crippen LogP) is 0.590. The average molecular weight is 389 g/mol. The second kappa shape index (κ2) is 8.14. The lowest BCUT2D eigenvalue weighted by Crippen LogP contribution is -2.45. The second-order valence-electron chi connectivity index (χ2n) is 7.42. The Labute approximate surface area is 162 Å². The first-order valence-corrected chi connectivity index (χ1v) is 9.57. The van der Waals surface area contributed by atoms with Crippen LogP contribution in [-0.2, 0) is 20.6 Å². The van der Waals surface area contributed by atoms with Gasteiger partial charge in [-0.05, 0) is 19.4 Å². The smallest absolute Gasteiger partial charge is 0.330 e. The number of carbonyl (C=O) groups is 1. The lowest BCUT2D eigenvalue weighted by Gasteiger charge is -2.27. The van der Waals surface area contributed by atoms with Crippen molar-refractivity contribution in [3.05, 3.63) is 50.1 Å². The molecule has 28 heavy (non-hydrogen) atoms. The quantitative estimate of drug-likeness (QED) is 0.776. The van der Waals surface area contributed by atoms with Crippen LogP contribution in [0.25, 0.3) is 0 Å². The summed E-state index contributed by atoms with van der Waals surface area (Å²) < 4.78 is 7.73. The maximum atomic E-state index is 13.2. The van der Waals surface area contributed by atoms with Gasteiger partial charge in [-0.3, -0.25) is 14.2 Å². The van der Waals surface area contributed by atoms with E-state index in [2.05, 4.69) is 10.5 Å². The third-order valence-corrected chi connectivity index (χ3v) is 5.45. The zero-order valence-corrected chi connectivity index (χ0v) is 16.8. The summed E-state index contributed by atoms with van der Waals surface area (Å²) in [5.41, 5.74) is 0.326. The first-order chi connectivity index (χ1) is 13.3. The third-order valence-electron chi connectivity index (χ3n) is 5.45. The van der Waals surface area contributed by atoms with Crippen molar-refractivity contribution in [2.75, 3.05) is 13.1 Å². The third kappa shape index (κ3) is 3.80. The largest absolute Gasteiger partial charge is 0.351 e. The maximum Gasteiger partial charge on any atom is 0.330 e. The van der Waals surface area contributed by atoms with Crippen molar-refractivity contribution in [1.82, 2.24) is 24.5 Å². The molecule has 1 saturated heterocycles. The molecule has 0 bridgehead atoms. The molecular weight excluding hydrogens is 362 g/mol. The molecule has 0 unspecified atom stereocenters. The molecule has 3 rings (SSSR count). The number of carbonyl (C=O) groups excluding carboxylic acids is 1. The zero-order chi connectivity index (χ0) is 20.4. The molecular formula is C19H27N5O4. The molecule has 9 heteroatoms. The van der Waals surface area contributed by atoms with Crippen LogP contribution in [0.5, 0.6) is 0 Å². The lowest BCUT2D eigenvalue weighted by molar-refractivity contribution is 0.0631. The fraction of sp³-hybridized carbons (Fsp3) is 0.579. The molecule has 0 spiro atoms. The summed E-state index contributed by atoms with van der Waals surface area (Å²) in [5.74, 6) is 0.0679. The van der Waals surface area contributed by atoms with Gasteiger partial charge in [0.2, 0.25) is 5.76 Å². The van der Waals surface area contributed by atoms with Crippen LogP contribution in [0.15, 0.2) is 26.4 Å². The molecule has 0 saturated carbocycles. The fourth-order valence-corrected chi connectivity index (χ4v) is 3.42. The van der Waals surface area contributed by atoms with Gasteiger partial charge in [0.25, 0.3) is 11.5 Å². The number of aromatic nitrogens is 3. The molecule has 0 aromatic carbocycles. The van der Waals surface area contributed by atoms with E-state index in [0.29, 0.717) is 12.1 Å². The molecule has 1 N–H and O–H groups in total. The van der Waals surface area contributed by atoms with Crippen molar-refractivity contribution in [2.45, 2.75) is 45.2 Å². The first kappa shape index (κ1) is 20.1. The first-order valence-electron chi connectivity index (χ1n) is 9.57. The van der Waals surface area contributed by atoms with Gasteiger partial charge in [-0.25, -0.2) is 4.79 Å². The van der Waals surface area contributed by atoms with Crippen LogP contribution < -0.4 is 16.6 Å². The SMILES string of the molecule is CC[C@@H](C)c1cc(C(=O)N(Cc2cn(C)c(=O)n(C)c2=O)[C@H]2CCNC2)on1. The van der Waals surface area contributed by atoms with E-state index in [-0.39, 0.29) is 30.2 Å². The predicted molar refractivity (Wildman–Crippen MR) is 103 cm³/mol. The summed E-state index contributed by atoms with van der Waals surface area (Å²) in [4.78, 5) is 39.3. The van der Waals surface area contributed by atoms with E-state index in [1.807, 2.05) is 13.8 Å². The molecule has 1 aliphatic rings. The fourth-order valence-electron chi connectivity index (χ4n) is 3.42. The molecule has 0 radical (unpaired) electrons. The number of hydrogen-bond donors (Lipinski definition) is 1. The average Bonchev–Trinajstić information content (AvgIpc) is 3.39. The molecule has 2 aromatic rings. The van der Waals surface area contributed by atoms with Crippen LogP contribution in [0, 0.1) is 0 Å². The lowest BCUT2D eigenvalue weighted by atomic mass is 10.1. The molecule has 1 amide bonds. The Hall–Kier alpha value is -2.68. The van der Waals surface area contributed by atoms with Crippen LogP contribution in [0.3, 0.4) is 0 Å². The molecule has 0 aliphatic carbocycles. The summed E-state index contributed by atoms with van der Waals surface area (Å²) in [6.45, 7) is 5.62. The Morgan fingerprint density at radius 3 is 2.82 bits per heavy atom. The van der Waals surface area contributed by atoms with Gasteiger partial charge >= 0.3 is 5.69 Å². The van der Waals surface area contributed by atoms with Crippen LogP contribution >= 0.6 is 0 Å². The number of nitrogens with zero attached hydrogens (tertiary/aromatic N) is 4. The topological polar surface area (TPSA) is 102 Å². The van der Waals surface area contributed by atoms with Crippen LogP contribution in [0.2, 0.25) is 0 Å². The highest BCUT2D eigenvalue weighted by Crippen LogP contribution is 2.21. The number of hydrogen-bond acceptors (Lipinski definition) is 6. The number of nitrogens with one attached hydrogen (secondary N) is 1. The highest BCUT2D eigenvalue weighted by atomic mass is 16.5. The Balaban J connectivity index is 1.94. The van der Waals surface area contributed by atoms with Crippen LogP contribution in [0.4, 0.5) is 0 Å². The van der Waals surface area contributed by atoms with E-state index in [9.17, 15) is 14.4 Å². The Morgan fingerprint density at radius 1 is 1.43 bits per heavy atom. The maximum absolute atomic E-state index is 13.2. The van der Waals surface area contributed by atoms with Gasteiger partial charge in [-0.2, -0.15) is 0 Å². The van der Waals surface area contributed by atoms with E-state index >= 15 is 0 Å². The highest BCUT2D eigenvalue weighted by Gasteiger charge is 2.31. The van der Waals surface area contributed by atoms with Gasteiger partial charge in [0, 0.05) is 44.9 Å². The van der Waals surface area contributed by atoms with E-state index in [0.717, 1.165) is 29.6 Å². The van der Waals surface area contributed by atoms with Gasteiger partial charge in [0.1, 0.15) is 0 Å².